The third kappa shape index (κ3) is 3.74. The predicted molar refractivity (Wildman–Crippen MR) is 87.5 cm³/mol. The summed E-state index contributed by atoms with van der Waals surface area (Å²) in [5.74, 6) is 0. The standard InChI is InChI=1S/C17H29N3/c1-5-18-13-15-6-7-17(12-14(15)2)20(4)16-8-10-19(3)11-9-16/h6-7,12,16,18H,5,8-11,13H2,1-4H3. The van der Waals surface area contributed by atoms with Crippen molar-refractivity contribution in [3.8, 4) is 0 Å². The molecule has 0 aliphatic carbocycles. The van der Waals surface area contributed by atoms with Gasteiger partial charge in [-0.1, -0.05) is 13.0 Å². The maximum Gasteiger partial charge on any atom is 0.0368 e. The number of rotatable bonds is 5. The van der Waals surface area contributed by atoms with Crippen LogP contribution in [0.1, 0.15) is 30.9 Å². The van der Waals surface area contributed by atoms with E-state index in [1.165, 1.54) is 42.7 Å². The van der Waals surface area contributed by atoms with Crippen molar-refractivity contribution in [2.24, 2.45) is 0 Å². The van der Waals surface area contributed by atoms with Gasteiger partial charge in [0.15, 0.2) is 0 Å². The highest BCUT2D eigenvalue weighted by molar-refractivity contribution is 5.51. The SMILES string of the molecule is CCNCc1ccc(N(C)C2CCN(C)CC2)cc1C. The molecule has 1 N–H and O–H groups in total. The molecule has 20 heavy (non-hydrogen) atoms. The van der Waals surface area contributed by atoms with Crippen LogP contribution in [0.15, 0.2) is 18.2 Å². The van der Waals surface area contributed by atoms with Crippen molar-refractivity contribution in [2.75, 3.05) is 38.6 Å². The lowest BCUT2D eigenvalue weighted by Crippen LogP contribution is -2.42. The fourth-order valence-corrected chi connectivity index (χ4v) is 2.95. The van der Waals surface area contributed by atoms with Crippen LogP contribution in [0.5, 0.6) is 0 Å². The van der Waals surface area contributed by atoms with Gasteiger partial charge in [-0.05, 0) is 69.7 Å². The predicted octanol–water partition coefficient (Wildman–Crippen LogP) is 2.63. The van der Waals surface area contributed by atoms with Gasteiger partial charge in [0.05, 0.1) is 0 Å². The topological polar surface area (TPSA) is 18.5 Å². The number of anilines is 1. The molecule has 1 aromatic carbocycles. The highest BCUT2D eigenvalue weighted by Gasteiger charge is 2.20. The Morgan fingerprint density at radius 1 is 1.30 bits per heavy atom. The fraction of sp³-hybridized carbons (Fsp3) is 0.647. The number of nitrogens with one attached hydrogen (secondary N) is 1. The number of benzene rings is 1. The summed E-state index contributed by atoms with van der Waals surface area (Å²) in [6.45, 7) is 8.80. The minimum absolute atomic E-state index is 0.685. The van der Waals surface area contributed by atoms with Crippen molar-refractivity contribution in [3.63, 3.8) is 0 Å². The Labute approximate surface area is 124 Å². The molecule has 1 saturated heterocycles. The smallest absolute Gasteiger partial charge is 0.0368 e. The molecule has 0 spiro atoms. The number of hydrogen-bond acceptors (Lipinski definition) is 3. The van der Waals surface area contributed by atoms with Gasteiger partial charge in [-0.15, -0.1) is 0 Å². The van der Waals surface area contributed by atoms with Crippen LogP contribution in [-0.4, -0.2) is 44.7 Å². The van der Waals surface area contributed by atoms with Crippen molar-refractivity contribution in [1.29, 1.82) is 0 Å². The van der Waals surface area contributed by atoms with Gasteiger partial charge in [0.1, 0.15) is 0 Å². The molecule has 112 valence electrons. The van der Waals surface area contributed by atoms with Gasteiger partial charge in [-0.2, -0.15) is 0 Å². The molecule has 0 aromatic heterocycles. The number of nitrogens with zero attached hydrogens (tertiary/aromatic N) is 2. The summed E-state index contributed by atoms with van der Waals surface area (Å²) in [6.07, 6.45) is 2.54. The van der Waals surface area contributed by atoms with Gasteiger partial charge in [-0.25, -0.2) is 0 Å². The summed E-state index contributed by atoms with van der Waals surface area (Å²) in [4.78, 5) is 4.89. The molecule has 3 heteroatoms. The molecule has 1 aliphatic rings. The molecule has 0 bridgehead atoms. The summed E-state index contributed by atoms with van der Waals surface area (Å²) in [6, 6.07) is 7.58. The molecule has 2 rings (SSSR count). The Morgan fingerprint density at radius 3 is 2.60 bits per heavy atom. The molecule has 0 saturated carbocycles. The second-order valence-electron chi connectivity index (χ2n) is 6.04. The van der Waals surface area contributed by atoms with E-state index < -0.39 is 0 Å². The first-order chi connectivity index (χ1) is 9.61. The maximum absolute atomic E-state index is 3.40. The van der Waals surface area contributed by atoms with Crippen LogP contribution >= 0.6 is 0 Å². The summed E-state index contributed by atoms with van der Waals surface area (Å²) in [7, 11) is 4.46. The van der Waals surface area contributed by atoms with E-state index >= 15 is 0 Å². The second kappa shape index (κ2) is 7.09. The third-order valence-corrected chi connectivity index (χ3v) is 4.53. The van der Waals surface area contributed by atoms with E-state index in [0.717, 1.165) is 13.1 Å². The number of likely N-dealkylation sites (tertiary alicyclic amines) is 1. The molecular formula is C17H29N3. The monoisotopic (exact) mass is 275 g/mol. The van der Waals surface area contributed by atoms with E-state index in [1.807, 2.05) is 0 Å². The summed E-state index contributed by atoms with van der Waals surface area (Å²) in [5.41, 5.74) is 4.16. The largest absolute Gasteiger partial charge is 0.372 e. The van der Waals surface area contributed by atoms with Crippen LogP contribution in [-0.2, 0) is 6.54 Å². The molecular weight excluding hydrogens is 246 g/mol. The summed E-state index contributed by atoms with van der Waals surface area (Å²) < 4.78 is 0. The van der Waals surface area contributed by atoms with Crippen molar-refractivity contribution in [2.45, 2.75) is 39.3 Å². The van der Waals surface area contributed by atoms with Crippen LogP contribution in [0, 0.1) is 6.92 Å². The second-order valence-corrected chi connectivity index (χ2v) is 6.04. The van der Waals surface area contributed by atoms with Crippen molar-refractivity contribution in [1.82, 2.24) is 10.2 Å². The Kier molecular flexibility index (Phi) is 5.44. The Hall–Kier alpha value is -1.06. The number of aryl methyl sites for hydroxylation is 1. The fourth-order valence-electron chi connectivity index (χ4n) is 2.95. The maximum atomic E-state index is 3.40. The molecule has 1 heterocycles. The average Bonchev–Trinajstić information content (AvgIpc) is 2.46. The molecule has 0 unspecified atom stereocenters. The van der Waals surface area contributed by atoms with Crippen LogP contribution in [0.4, 0.5) is 5.69 Å². The van der Waals surface area contributed by atoms with Crippen molar-refractivity contribution in [3.05, 3.63) is 29.3 Å². The molecule has 1 aliphatic heterocycles. The first kappa shape index (κ1) is 15.3. The third-order valence-electron chi connectivity index (χ3n) is 4.53. The highest BCUT2D eigenvalue weighted by atomic mass is 15.2. The molecule has 0 radical (unpaired) electrons. The summed E-state index contributed by atoms with van der Waals surface area (Å²) >= 11 is 0. The van der Waals surface area contributed by atoms with Gasteiger partial charge in [0.2, 0.25) is 0 Å². The first-order valence-corrected chi connectivity index (χ1v) is 7.83. The summed E-state index contributed by atoms with van der Waals surface area (Å²) in [5, 5.41) is 3.40. The number of hydrogen-bond donors (Lipinski definition) is 1. The Balaban J connectivity index is 2.03. The number of piperidine rings is 1. The average molecular weight is 275 g/mol. The van der Waals surface area contributed by atoms with Gasteiger partial charge in [-0.3, -0.25) is 0 Å². The quantitative estimate of drug-likeness (QED) is 0.891. The lowest BCUT2D eigenvalue weighted by atomic mass is 10.0. The highest BCUT2D eigenvalue weighted by Crippen LogP contribution is 2.24. The minimum atomic E-state index is 0.685. The van der Waals surface area contributed by atoms with Crippen LogP contribution < -0.4 is 10.2 Å². The van der Waals surface area contributed by atoms with Crippen molar-refractivity contribution < 1.29 is 0 Å². The van der Waals surface area contributed by atoms with E-state index in [0.29, 0.717) is 6.04 Å². The molecule has 1 fully saturated rings. The van der Waals surface area contributed by atoms with E-state index in [1.54, 1.807) is 0 Å². The van der Waals surface area contributed by atoms with E-state index in [2.05, 4.69) is 61.3 Å². The zero-order valence-electron chi connectivity index (χ0n) is 13.4. The van der Waals surface area contributed by atoms with E-state index in [-0.39, 0.29) is 0 Å². The lowest BCUT2D eigenvalue weighted by Gasteiger charge is -2.36. The van der Waals surface area contributed by atoms with Crippen LogP contribution in [0.2, 0.25) is 0 Å². The molecule has 0 amide bonds. The molecule has 3 nitrogen and oxygen atoms in total. The van der Waals surface area contributed by atoms with Crippen molar-refractivity contribution >= 4 is 5.69 Å². The molecule has 0 atom stereocenters. The van der Waals surface area contributed by atoms with E-state index in [4.69, 9.17) is 0 Å². The van der Waals surface area contributed by atoms with Gasteiger partial charge < -0.3 is 15.1 Å². The Bertz CT molecular complexity index is 422. The Morgan fingerprint density at radius 2 is 2.00 bits per heavy atom. The zero-order chi connectivity index (χ0) is 14.5. The first-order valence-electron chi connectivity index (χ1n) is 7.83. The van der Waals surface area contributed by atoms with Gasteiger partial charge in [0.25, 0.3) is 0 Å². The molecule has 1 aromatic rings. The zero-order valence-corrected chi connectivity index (χ0v) is 13.4. The van der Waals surface area contributed by atoms with Crippen LogP contribution in [0.25, 0.3) is 0 Å². The van der Waals surface area contributed by atoms with Gasteiger partial charge >= 0.3 is 0 Å². The van der Waals surface area contributed by atoms with Crippen LogP contribution in [0.3, 0.4) is 0 Å². The minimum Gasteiger partial charge on any atom is -0.372 e. The van der Waals surface area contributed by atoms with Gasteiger partial charge in [0, 0.05) is 25.3 Å². The van der Waals surface area contributed by atoms with E-state index in [9.17, 15) is 0 Å². The lowest BCUT2D eigenvalue weighted by molar-refractivity contribution is 0.253. The normalized spacial score (nSPS) is 17.4.